The van der Waals surface area contributed by atoms with Crippen molar-refractivity contribution in [2.45, 2.75) is 64.9 Å². The number of benzene rings is 4. The number of amides is 2. The van der Waals surface area contributed by atoms with Crippen LogP contribution in [0, 0.1) is 0 Å². The molecule has 0 bridgehead atoms. The molecule has 0 aliphatic heterocycles. The van der Waals surface area contributed by atoms with E-state index >= 15 is 0 Å². The molecular formula is C44H39F6N5O7. The molecule has 0 radical (unpaired) electrons. The van der Waals surface area contributed by atoms with Gasteiger partial charge in [-0.1, -0.05) is 53.7 Å². The number of rotatable bonds is 5. The molecule has 0 aliphatic rings. The Morgan fingerprint density at radius 3 is 1.90 bits per heavy atom. The second kappa shape index (κ2) is 16.0. The number of aromatic hydroxyl groups is 2. The van der Waals surface area contributed by atoms with Gasteiger partial charge in [-0.3, -0.25) is 19.2 Å². The lowest BCUT2D eigenvalue weighted by Crippen LogP contribution is -2.25. The number of hydrogen-bond acceptors (Lipinski definition) is 7. The number of phenolic OH excluding ortho intramolecular Hbond substituents is 2. The average molecular weight is 864 g/mol. The second-order valence-electron chi connectivity index (χ2n) is 16.3. The third-order valence-corrected chi connectivity index (χ3v) is 9.65. The number of hydrogen-bond donors (Lipinski definition) is 7. The fraction of sp³-hybridized carbons (Fsp3) is 0.227. The predicted molar refractivity (Wildman–Crippen MR) is 222 cm³/mol. The van der Waals surface area contributed by atoms with Crippen LogP contribution in [0.1, 0.15) is 79.1 Å². The molecule has 7 rings (SSSR count). The van der Waals surface area contributed by atoms with Crippen molar-refractivity contribution in [2.24, 2.45) is 0 Å². The number of alkyl halides is 6. The Hall–Kier alpha value is -7.24. The summed E-state index contributed by atoms with van der Waals surface area (Å²) >= 11 is 0. The first kappa shape index (κ1) is 44.3. The Bertz CT molecular complexity index is 3010. The molecule has 0 unspecified atom stereocenters. The van der Waals surface area contributed by atoms with Crippen molar-refractivity contribution in [1.82, 2.24) is 15.0 Å². The summed E-state index contributed by atoms with van der Waals surface area (Å²) in [5, 5.41) is 26.0. The van der Waals surface area contributed by atoms with Crippen LogP contribution in [0.15, 0.2) is 94.8 Å². The molecule has 7 aromatic rings. The van der Waals surface area contributed by atoms with Gasteiger partial charge in [0.2, 0.25) is 10.9 Å². The van der Waals surface area contributed by atoms with Crippen LogP contribution < -0.4 is 26.2 Å². The van der Waals surface area contributed by atoms with Gasteiger partial charge in [-0.2, -0.15) is 13.2 Å². The quantitative estimate of drug-likeness (QED) is 0.0838. The molecule has 3 heterocycles. The minimum atomic E-state index is -4.87. The van der Waals surface area contributed by atoms with E-state index in [2.05, 4.69) is 30.3 Å². The maximum atomic E-state index is 13.0. The summed E-state index contributed by atoms with van der Waals surface area (Å²) in [6, 6.07) is 16.1. The van der Waals surface area contributed by atoms with Crippen molar-refractivity contribution in [3.8, 4) is 17.2 Å². The highest BCUT2D eigenvalue weighted by atomic mass is 19.4. The average Bonchev–Trinajstić information content (AvgIpc) is 3.58. The van der Waals surface area contributed by atoms with Gasteiger partial charge in [0.05, 0.1) is 16.4 Å². The molecule has 2 amide bonds. The number of aromatic nitrogens is 3. The van der Waals surface area contributed by atoms with Crippen molar-refractivity contribution in [3.05, 3.63) is 134 Å². The van der Waals surface area contributed by atoms with E-state index in [1.165, 1.54) is 36.5 Å². The lowest BCUT2D eigenvalue weighted by Gasteiger charge is -2.28. The highest BCUT2D eigenvalue weighted by Gasteiger charge is 2.33. The highest BCUT2D eigenvalue weighted by Crippen LogP contribution is 2.40. The van der Waals surface area contributed by atoms with Crippen LogP contribution in [0.25, 0.3) is 32.7 Å². The predicted octanol–water partition coefficient (Wildman–Crippen LogP) is 9.97. The molecule has 18 heteroatoms. The summed E-state index contributed by atoms with van der Waals surface area (Å²) in [4.78, 5) is 58.6. The zero-order valence-corrected chi connectivity index (χ0v) is 33.8. The first-order valence-electron chi connectivity index (χ1n) is 18.7. The van der Waals surface area contributed by atoms with Gasteiger partial charge < -0.3 is 40.5 Å². The van der Waals surface area contributed by atoms with Crippen molar-refractivity contribution in [1.29, 1.82) is 0 Å². The van der Waals surface area contributed by atoms with Crippen LogP contribution >= 0.6 is 0 Å². The van der Waals surface area contributed by atoms with Gasteiger partial charge in [-0.25, -0.2) is 0 Å². The lowest BCUT2D eigenvalue weighted by atomic mass is 9.79. The monoisotopic (exact) mass is 863 g/mol. The summed E-state index contributed by atoms with van der Waals surface area (Å²) in [6.07, 6.45) is -7.03. The minimum absolute atomic E-state index is 0.0143. The van der Waals surface area contributed by atoms with Crippen molar-refractivity contribution < 1.29 is 50.9 Å². The Labute approximate surface area is 347 Å². The van der Waals surface area contributed by atoms with Gasteiger partial charge in [0.15, 0.2) is 0 Å². The molecule has 0 aliphatic carbocycles. The summed E-state index contributed by atoms with van der Waals surface area (Å²) in [7, 11) is 0. The summed E-state index contributed by atoms with van der Waals surface area (Å²) in [5.74, 6) is -2.21. The van der Waals surface area contributed by atoms with E-state index in [4.69, 9.17) is 0 Å². The SMILES string of the molecule is CC(C)(C)c1cc(C(C)(C)C)c(NC(=O)c2c[nH]c3cc(OC(F)(F)F)ccc3c2=O)cc1O.O=C(Nc1ccc2cc(C(F)(F)F)[nH]c2c1)c1c[nH]c2cccc(O)c2c1=O. The Morgan fingerprint density at radius 2 is 1.27 bits per heavy atom. The number of carbonyl (C=O) groups excluding carboxylic acids is 2. The van der Waals surface area contributed by atoms with Crippen LogP contribution in [0.5, 0.6) is 17.2 Å². The van der Waals surface area contributed by atoms with E-state index in [-0.39, 0.29) is 60.9 Å². The molecule has 62 heavy (non-hydrogen) atoms. The summed E-state index contributed by atoms with van der Waals surface area (Å²) in [5.41, 5.74) is -0.692. The number of pyridine rings is 2. The molecule has 324 valence electrons. The van der Waals surface area contributed by atoms with E-state index in [0.717, 1.165) is 41.6 Å². The molecule has 7 N–H and O–H groups in total. The third-order valence-electron chi connectivity index (χ3n) is 9.65. The van der Waals surface area contributed by atoms with Crippen LogP contribution in [0.2, 0.25) is 0 Å². The van der Waals surface area contributed by atoms with Crippen LogP contribution in [0.4, 0.5) is 37.7 Å². The van der Waals surface area contributed by atoms with Crippen LogP contribution in [-0.2, 0) is 17.0 Å². The zero-order chi connectivity index (χ0) is 45.7. The van der Waals surface area contributed by atoms with Gasteiger partial charge in [-0.15, -0.1) is 13.2 Å². The number of aromatic amines is 3. The fourth-order valence-corrected chi connectivity index (χ4v) is 6.64. The lowest BCUT2D eigenvalue weighted by molar-refractivity contribution is -0.274. The first-order valence-corrected chi connectivity index (χ1v) is 18.7. The number of anilines is 2. The van der Waals surface area contributed by atoms with E-state index in [9.17, 15) is 55.7 Å². The van der Waals surface area contributed by atoms with Crippen LogP contribution in [0.3, 0.4) is 0 Å². The van der Waals surface area contributed by atoms with Gasteiger partial charge in [0.1, 0.15) is 34.1 Å². The number of nitrogens with one attached hydrogen (secondary N) is 5. The van der Waals surface area contributed by atoms with Crippen molar-refractivity contribution in [2.75, 3.05) is 10.6 Å². The van der Waals surface area contributed by atoms with E-state index in [0.29, 0.717) is 16.6 Å². The maximum Gasteiger partial charge on any atom is 0.573 e. The number of halogens is 6. The Kier molecular flexibility index (Phi) is 11.4. The van der Waals surface area contributed by atoms with E-state index in [1.54, 1.807) is 12.1 Å². The fourth-order valence-electron chi connectivity index (χ4n) is 6.64. The maximum absolute atomic E-state index is 13.0. The molecule has 0 spiro atoms. The highest BCUT2D eigenvalue weighted by molar-refractivity contribution is 6.07. The minimum Gasteiger partial charge on any atom is -0.508 e. The first-order chi connectivity index (χ1) is 28.7. The van der Waals surface area contributed by atoms with E-state index in [1.807, 2.05) is 47.6 Å². The number of ether oxygens (including phenoxy) is 1. The molecular weight excluding hydrogens is 824 g/mol. The zero-order valence-electron chi connectivity index (χ0n) is 33.8. The number of carbonyl (C=O) groups is 2. The van der Waals surface area contributed by atoms with Gasteiger partial charge in [0, 0.05) is 52.2 Å². The smallest absolute Gasteiger partial charge is 0.508 e. The molecule has 0 atom stereocenters. The largest absolute Gasteiger partial charge is 0.573 e. The third kappa shape index (κ3) is 9.53. The molecule has 3 aromatic heterocycles. The number of phenols is 2. The molecule has 0 fully saturated rings. The molecule has 4 aromatic carbocycles. The van der Waals surface area contributed by atoms with Gasteiger partial charge in [0.25, 0.3) is 11.8 Å². The van der Waals surface area contributed by atoms with Crippen molar-refractivity contribution >= 4 is 55.9 Å². The second-order valence-corrected chi connectivity index (χ2v) is 16.3. The van der Waals surface area contributed by atoms with Crippen LogP contribution in [-0.4, -0.2) is 43.3 Å². The van der Waals surface area contributed by atoms with Crippen molar-refractivity contribution in [3.63, 3.8) is 0 Å². The molecule has 12 nitrogen and oxygen atoms in total. The number of H-pyrrole nitrogens is 3. The summed E-state index contributed by atoms with van der Waals surface area (Å²) < 4.78 is 79.7. The van der Waals surface area contributed by atoms with Gasteiger partial charge >= 0.3 is 12.5 Å². The topological polar surface area (TPSA) is 189 Å². The molecule has 0 saturated carbocycles. The summed E-state index contributed by atoms with van der Waals surface area (Å²) in [6.45, 7) is 11.8. The number of fused-ring (bicyclic) bond motifs is 3. The Morgan fingerprint density at radius 1 is 0.645 bits per heavy atom. The standard InChI is InChI=1S/C25H27F3N2O4.C19H12F3N3O3/c1-23(2,3)16-10-17(24(4,5)6)20(31)11-19(16)30-22(33)15-12-29-18-9-13(34-25(26,27)28)7-8-14(18)21(15)32;20-19(21,22)15-6-9-4-5-10(7-13(9)25-15)24-18(28)11-8-23-12-2-1-3-14(26)16(12)17(11)27/h7-12,31H,1-6H3,(H,29,32)(H,30,33);1-8,25-26H,(H,23,27)(H,24,28). The Balaban J connectivity index is 0.000000210. The van der Waals surface area contributed by atoms with Gasteiger partial charge in [-0.05, 0) is 70.5 Å². The normalized spacial score (nSPS) is 12.3. The van der Waals surface area contributed by atoms with E-state index < -0.39 is 46.7 Å². The molecule has 0 saturated heterocycles.